The number of anilines is 2. The highest BCUT2D eigenvalue weighted by Gasteiger charge is 2.26. The van der Waals surface area contributed by atoms with E-state index >= 15 is 0 Å². The topological polar surface area (TPSA) is 116 Å². The van der Waals surface area contributed by atoms with Gasteiger partial charge in [0, 0.05) is 11.0 Å². The van der Waals surface area contributed by atoms with Crippen LogP contribution in [0.2, 0.25) is 0 Å². The molecule has 0 saturated carbocycles. The van der Waals surface area contributed by atoms with Gasteiger partial charge >= 0.3 is 0 Å². The molecule has 7 nitrogen and oxygen atoms in total. The van der Waals surface area contributed by atoms with E-state index in [-0.39, 0.29) is 18.6 Å². The summed E-state index contributed by atoms with van der Waals surface area (Å²) in [5.41, 5.74) is 2.18. The molecule has 1 rings (SSSR count). The monoisotopic (exact) mass is 283 g/mol. The number of nitrogens with zero attached hydrogens (tertiary/aromatic N) is 2. The summed E-state index contributed by atoms with van der Waals surface area (Å²) >= 11 is 0. The fourth-order valence-electron chi connectivity index (χ4n) is 1.53. The number of aromatic nitrogens is 2. The predicted molar refractivity (Wildman–Crippen MR) is 79.5 cm³/mol. The highest BCUT2D eigenvalue weighted by Crippen LogP contribution is 2.27. The SMILES string of the molecule is Cc1c(NN)nc(C(C)(C)C)nc1NC(C)(CO)CO. The van der Waals surface area contributed by atoms with Crippen LogP contribution in [0.1, 0.15) is 39.1 Å². The molecule has 0 atom stereocenters. The van der Waals surface area contributed by atoms with Crippen molar-refractivity contribution < 1.29 is 10.2 Å². The van der Waals surface area contributed by atoms with Gasteiger partial charge in [0.15, 0.2) is 0 Å². The van der Waals surface area contributed by atoms with Gasteiger partial charge in [-0.2, -0.15) is 0 Å². The zero-order valence-corrected chi connectivity index (χ0v) is 12.8. The first kappa shape index (κ1) is 16.6. The molecular formula is C13H25N5O2. The molecule has 0 aliphatic carbocycles. The maximum Gasteiger partial charge on any atom is 0.148 e. The zero-order valence-electron chi connectivity index (χ0n) is 12.8. The third kappa shape index (κ3) is 3.56. The molecule has 20 heavy (non-hydrogen) atoms. The number of aliphatic hydroxyl groups is 2. The summed E-state index contributed by atoms with van der Waals surface area (Å²) in [6.07, 6.45) is 0. The summed E-state index contributed by atoms with van der Waals surface area (Å²) in [6, 6.07) is 0. The summed E-state index contributed by atoms with van der Waals surface area (Å²) in [6.45, 7) is 9.09. The van der Waals surface area contributed by atoms with Gasteiger partial charge in [-0.25, -0.2) is 15.8 Å². The first-order valence-electron chi connectivity index (χ1n) is 6.52. The molecule has 7 heteroatoms. The maximum atomic E-state index is 9.39. The molecule has 1 heterocycles. The molecule has 1 aromatic heterocycles. The van der Waals surface area contributed by atoms with E-state index in [4.69, 9.17) is 5.84 Å². The number of aliphatic hydroxyl groups excluding tert-OH is 2. The lowest BCUT2D eigenvalue weighted by atomic mass is 9.95. The number of hydrogen-bond donors (Lipinski definition) is 5. The number of hydrazine groups is 1. The Bertz CT molecular complexity index is 467. The summed E-state index contributed by atoms with van der Waals surface area (Å²) in [4.78, 5) is 8.89. The predicted octanol–water partition coefficient (Wildman–Crippen LogP) is 0.523. The number of nitrogen functional groups attached to an aromatic ring is 1. The van der Waals surface area contributed by atoms with Crippen LogP contribution in [0.15, 0.2) is 0 Å². The molecule has 114 valence electrons. The van der Waals surface area contributed by atoms with Gasteiger partial charge in [-0.15, -0.1) is 0 Å². The summed E-state index contributed by atoms with van der Waals surface area (Å²) < 4.78 is 0. The zero-order chi connectivity index (χ0) is 15.6. The van der Waals surface area contributed by atoms with Gasteiger partial charge in [0.1, 0.15) is 17.5 Å². The Balaban J connectivity index is 3.31. The number of hydrogen-bond acceptors (Lipinski definition) is 7. The molecule has 6 N–H and O–H groups in total. The van der Waals surface area contributed by atoms with E-state index in [0.29, 0.717) is 17.5 Å². The van der Waals surface area contributed by atoms with E-state index in [0.717, 1.165) is 5.56 Å². The summed E-state index contributed by atoms with van der Waals surface area (Å²) in [7, 11) is 0. The Morgan fingerprint density at radius 2 is 1.55 bits per heavy atom. The van der Waals surface area contributed by atoms with Crippen LogP contribution < -0.4 is 16.6 Å². The van der Waals surface area contributed by atoms with Crippen LogP contribution in [0, 0.1) is 6.92 Å². The average Bonchev–Trinajstić information content (AvgIpc) is 2.39. The highest BCUT2D eigenvalue weighted by atomic mass is 16.3. The van der Waals surface area contributed by atoms with Gasteiger partial charge < -0.3 is 21.0 Å². The van der Waals surface area contributed by atoms with Crippen LogP contribution in [0.25, 0.3) is 0 Å². The Morgan fingerprint density at radius 3 is 1.95 bits per heavy atom. The van der Waals surface area contributed by atoms with Gasteiger partial charge in [-0.05, 0) is 13.8 Å². The van der Waals surface area contributed by atoms with Crippen molar-refractivity contribution in [3.63, 3.8) is 0 Å². The maximum absolute atomic E-state index is 9.39. The van der Waals surface area contributed by atoms with Crippen LogP contribution in [-0.2, 0) is 5.41 Å². The van der Waals surface area contributed by atoms with Crippen molar-refractivity contribution in [2.75, 3.05) is 24.0 Å². The molecule has 0 aliphatic heterocycles. The second kappa shape index (κ2) is 5.90. The van der Waals surface area contributed by atoms with Crippen molar-refractivity contribution in [2.45, 2.75) is 45.6 Å². The van der Waals surface area contributed by atoms with Crippen molar-refractivity contribution in [3.05, 3.63) is 11.4 Å². The molecule has 0 aromatic carbocycles. The van der Waals surface area contributed by atoms with Crippen LogP contribution in [0.3, 0.4) is 0 Å². The van der Waals surface area contributed by atoms with Crippen LogP contribution in [0.5, 0.6) is 0 Å². The Morgan fingerprint density at radius 1 is 1.05 bits per heavy atom. The first-order valence-corrected chi connectivity index (χ1v) is 6.52. The molecule has 0 bridgehead atoms. The quantitative estimate of drug-likeness (QED) is 0.395. The van der Waals surface area contributed by atoms with Crippen LogP contribution in [0.4, 0.5) is 11.6 Å². The van der Waals surface area contributed by atoms with E-state index in [1.807, 2.05) is 27.7 Å². The van der Waals surface area contributed by atoms with Gasteiger partial charge in [0.25, 0.3) is 0 Å². The minimum Gasteiger partial charge on any atom is -0.394 e. The van der Waals surface area contributed by atoms with E-state index in [2.05, 4.69) is 20.7 Å². The third-order valence-electron chi connectivity index (χ3n) is 3.07. The Hall–Kier alpha value is -1.44. The Labute approximate surface area is 119 Å². The summed E-state index contributed by atoms with van der Waals surface area (Å²) in [5.74, 6) is 7.18. The fourth-order valence-corrected chi connectivity index (χ4v) is 1.53. The minimum atomic E-state index is -0.861. The number of nitrogens with one attached hydrogen (secondary N) is 2. The minimum absolute atomic E-state index is 0.219. The molecule has 0 fully saturated rings. The second-order valence-corrected chi connectivity index (χ2v) is 6.27. The largest absolute Gasteiger partial charge is 0.394 e. The Kier molecular flexibility index (Phi) is 4.90. The molecule has 0 radical (unpaired) electrons. The molecule has 1 aromatic rings. The molecule has 0 amide bonds. The van der Waals surface area contributed by atoms with Crippen molar-refractivity contribution in [2.24, 2.45) is 5.84 Å². The average molecular weight is 283 g/mol. The lowest BCUT2D eigenvalue weighted by Gasteiger charge is -2.29. The first-order chi connectivity index (χ1) is 9.16. The van der Waals surface area contributed by atoms with Crippen LogP contribution >= 0.6 is 0 Å². The molecular weight excluding hydrogens is 258 g/mol. The number of nitrogens with two attached hydrogens (primary N) is 1. The molecule has 0 saturated heterocycles. The fraction of sp³-hybridized carbons (Fsp3) is 0.692. The van der Waals surface area contributed by atoms with Gasteiger partial charge in [-0.3, -0.25) is 0 Å². The smallest absolute Gasteiger partial charge is 0.148 e. The van der Waals surface area contributed by atoms with Crippen molar-refractivity contribution in [1.82, 2.24) is 9.97 Å². The lowest BCUT2D eigenvalue weighted by molar-refractivity contribution is 0.147. The van der Waals surface area contributed by atoms with E-state index in [9.17, 15) is 10.2 Å². The third-order valence-corrected chi connectivity index (χ3v) is 3.07. The van der Waals surface area contributed by atoms with Crippen LogP contribution in [-0.4, -0.2) is 38.9 Å². The number of rotatable bonds is 5. The molecule has 0 unspecified atom stereocenters. The van der Waals surface area contributed by atoms with E-state index in [1.54, 1.807) is 6.92 Å². The van der Waals surface area contributed by atoms with E-state index in [1.165, 1.54) is 0 Å². The normalized spacial score (nSPS) is 12.4. The van der Waals surface area contributed by atoms with Crippen molar-refractivity contribution in [1.29, 1.82) is 0 Å². The van der Waals surface area contributed by atoms with Gasteiger partial charge in [0.2, 0.25) is 0 Å². The highest BCUT2D eigenvalue weighted by molar-refractivity contribution is 5.58. The standard InChI is InChI=1S/C13H25N5O2/c1-8-9(17-13(5,6-19)7-20)15-11(12(2,3)4)16-10(8)18-14/h19-20H,6-7,14H2,1-5H3,(H2,15,16,17,18). The van der Waals surface area contributed by atoms with Crippen molar-refractivity contribution in [3.8, 4) is 0 Å². The second-order valence-electron chi connectivity index (χ2n) is 6.27. The summed E-state index contributed by atoms with van der Waals surface area (Å²) in [5, 5.41) is 21.8. The molecule has 0 spiro atoms. The van der Waals surface area contributed by atoms with Crippen molar-refractivity contribution >= 4 is 11.6 Å². The van der Waals surface area contributed by atoms with E-state index < -0.39 is 5.54 Å². The van der Waals surface area contributed by atoms with Gasteiger partial charge in [-0.1, -0.05) is 20.8 Å². The molecule has 0 aliphatic rings. The lowest BCUT2D eigenvalue weighted by Crippen LogP contribution is -2.43. The van der Waals surface area contributed by atoms with Gasteiger partial charge in [0.05, 0.1) is 18.8 Å².